The fourth-order valence-corrected chi connectivity index (χ4v) is 3.33. The van der Waals surface area contributed by atoms with Crippen LogP contribution < -0.4 is 0 Å². The quantitative estimate of drug-likeness (QED) is 0.808. The number of nitrogens with zero attached hydrogens (tertiary/aromatic N) is 1. The van der Waals surface area contributed by atoms with Crippen LogP contribution in [-0.4, -0.2) is 41.7 Å². The van der Waals surface area contributed by atoms with Crippen molar-refractivity contribution >= 4 is 0 Å². The van der Waals surface area contributed by atoms with Gasteiger partial charge < -0.3 is 5.11 Å². The maximum absolute atomic E-state index is 12.4. The van der Waals surface area contributed by atoms with Gasteiger partial charge in [-0.2, -0.15) is 0 Å². The Labute approximate surface area is 95.6 Å². The van der Waals surface area contributed by atoms with Gasteiger partial charge in [-0.05, 0) is 32.2 Å². The van der Waals surface area contributed by atoms with Crippen molar-refractivity contribution in [3.63, 3.8) is 0 Å². The number of likely N-dealkylation sites (tertiary alicyclic amines) is 1. The first-order valence-electron chi connectivity index (χ1n) is 6.38. The Bertz CT molecular complexity index is 225. The normalized spacial score (nSPS) is 37.1. The molecule has 2 rings (SSSR count). The summed E-state index contributed by atoms with van der Waals surface area (Å²) in [5.74, 6) is 0.231. The van der Waals surface area contributed by atoms with Crippen molar-refractivity contribution < 1.29 is 13.9 Å². The zero-order valence-electron chi connectivity index (χ0n) is 9.62. The first-order chi connectivity index (χ1) is 7.68. The summed E-state index contributed by atoms with van der Waals surface area (Å²) in [6.07, 6.45) is 3.54. The van der Waals surface area contributed by atoms with E-state index in [0.29, 0.717) is 0 Å². The summed E-state index contributed by atoms with van der Waals surface area (Å²) in [5, 5.41) is 9.97. The largest absolute Gasteiger partial charge is 0.393 e. The van der Waals surface area contributed by atoms with Crippen LogP contribution in [-0.2, 0) is 0 Å². The second-order valence-corrected chi connectivity index (χ2v) is 5.11. The summed E-state index contributed by atoms with van der Waals surface area (Å²) in [6.45, 7) is 0.659. The van der Waals surface area contributed by atoms with Gasteiger partial charge in [-0.3, -0.25) is 4.90 Å². The van der Waals surface area contributed by atoms with Crippen molar-refractivity contribution in [3.8, 4) is 0 Å². The molecule has 94 valence electrons. The maximum atomic E-state index is 12.4. The minimum atomic E-state index is -2.25. The van der Waals surface area contributed by atoms with E-state index in [1.165, 1.54) is 0 Å². The fraction of sp³-hybridized carbons (Fsp3) is 1.00. The number of rotatable bonds is 3. The van der Waals surface area contributed by atoms with Crippen LogP contribution in [0.4, 0.5) is 8.78 Å². The molecule has 0 amide bonds. The summed E-state index contributed by atoms with van der Waals surface area (Å²) in [4.78, 5) is 1.89. The average molecular weight is 233 g/mol. The number of hydrogen-bond donors (Lipinski definition) is 1. The number of aliphatic hydroxyl groups excluding tert-OH is 1. The minimum absolute atomic E-state index is 0.117. The second kappa shape index (κ2) is 5.41. The summed E-state index contributed by atoms with van der Waals surface area (Å²) in [7, 11) is 0. The molecule has 1 aliphatic heterocycles. The van der Waals surface area contributed by atoms with E-state index < -0.39 is 6.43 Å². The van der Waals surface area contributed by atoms with Crippen molar-refractivity contribution in [1.29, 1.82) is 0 Å². The van der Waals surface area contributed by atoms with Crippen LogP contribution in [0.1, 0.15) is 38.5 Å². The molecule has 0 bridgehead atoms. The van der Waals surface area contributed by atoms with Crippen LogP contribution in [0.2, 0.25) is 0 Å². The zero-order valence-corrected chi connectivity index (χ0v) is 9.62. The summed E-state index contributed by atoms with van der Waals surface area (Å²) in [5.41, 5.74) is 0. The Morgan fingerprint density at radius 2 is 1.88 bits per heavy atom. The lowest BCUT2D eigenvalue weighted by Gasteiger charge is -2.37. The Hall–Kier alpha value is -0.220. The molecule has 0 aromatic heterocycles. The van der Waals surface area contributed by atoms with Crippen LogP contribution in [0, 0.1) is 5.92 Å². The third-order valence-electron chi connectivity index (χ3n) is 4.06. The molecule has 16 heavy (non-hydrogen) atoms. The van der Waals surface area contributed by atoms with Crippen LogP contribution in [0.15, 0.2) is 0 Å². The van der Waals surface area contributed by atoms with Gasteiger partial charge in [-0.25, -0.2) is 8.78 Å². The van der Waals surface area contributed by atoms with Crippen molar-refractivity contribution in [2.45, 2.75) is 57.1 Å². The van der Waals surface area contributed by atoms with Gasteiger partial charge in [0.1, 0.15) is 0 Å². The van der Waals surface area contributed by atoms with E-state index in [1.807, 2.05) is 4.90 Å². The third-order valence-corrected chi connectivity index (χ3v) is 4.06. The van der Waals surface area contributed by atoms with Crippen molar-refractivity contribution in [2.24, 2.45) is 5.92 Å². The molecular formula is C12H21F2NO. The van der Waals surface area contributed by atoms with Crippen LogP contribution in [0.5, 0.6) is 0 Å². The van der Waals surface area contributed by atoms with E-state index >= 15 is 0 Å². The third kappa shape index (κ3) is 2.72. The van der Waals surface area contributed by atoms with Crippen LogP contribution in [0.3, 0.4) is 0 Å². The predicted octanol–water partition coefficient (Wildman–Crippen LogP) is 2.27. The first-order valence-corrected chi connectivity index (χ1v) is 6.38. The standard InChI is InChI=1S/C12H21F2NO/c13-12(14)8-15-7-3-5-10(15)9-4-1-2-6-11(9)16/h9-12,16H,1-8H2. The smallest absolute Gasteiger partial charge is 0.251 e. The topological polar surface area (TPSA) is 23.5 Å². The highest BCUT2D eigenvalue weighted by Crippen LogP contribution is 2.34. The average Bonchev–Trinajstić information content (AvgIpc) is 2.66. The van der Waals surface area contributed by atoms with Gasteiger partial charge in [0.2, 0.25) is 0 Å². The van der Waals surface area contributed by atoms with Gasteiger partial charge in [0.15, 0.2) is 0 Å². The molecular weight excluding hydrogens is 212 g/mol. The van der Waals surface area contributed by atoms with E-state index in [-0.39, 0.29) is 24.6 Å². The number of aliphatic hydroxyl groups is 1. The van der Waals surface area contributed by atoms with E-state index in [4.69, 9.17) is 0 Å². The molecule has 3 atom stereocenters. The molecule has 3 unspecified atom stereocenters. The molecule has 0 aromatic carbocycles. The van der Waals surface area contributed by atoms with E-state index in [9.17, 15) is 13.9 Å². The van der Waals surface area contributed by atoms with Crippen LogP contribution >= 0.6 is 0 Å². The van der Waals surface area contributed by atoms with Crippen LogP contribution in [0.25, 0.3) is 0 Å². The van der Waals surface area contributed by atoms with Gasteiger partial charge in [0.25, 0.3) is 6.43 Å². The molecule has 4 heteroatoms. The molecule has 2 aliphatic rings. The monoisotopic (exact) mass is 233 g/mol. The number of hydrogen-bond acceptors (Lipinski definition) is 2. The summed E-state index contributed by atoms with van der Waals surface area (Å²) in [6, 6.07) is 0.198. The lowest BCUT2D eigenvalue weighted by molar-refractivity contribution is 0.00392. The number of halogens is 2. The van der Waals surface area contributed by atoms with Crippen molar-refractivity contribution in [1.82, 2.24) is 4.90 Å². The Morgan fingerprint density at radius 1 is 1.12 bits per heavy atom. The first kappa shape index (κ1) is 12.2. The molecule has 1 aliphatic carbocycles. The highest BCUT2D eigenvalue weighted by atomic mass is 19.3. The maximum Gasteiger partial charge on any atom is 0.251 e. The highest BCUT2D eigenvalue weighted by molar-refractivity contribution is 4.90. The molecule has 2 fully saturated rings. The predicted molar refractivity (Wildman–Crippen MR) is 58.6 cm³/mol. The van der Waals surface area contributed by atoms with Gasteiger partial charge in [0, 0.05) is 12.0 Å². The Kier molecular flexibility index (Phi) is 4.14. The van der Waals surface area contributed by atoms with Crippen molar-refractivity contribution in [2.75, 3.05) is 13.1 Å². The van der Waals surface area contributed by atoms with Gasteiger partial charge >= 0.3 is 0 Å². The minimum Gasteiger partial charge on any atom is -0.393 e. The van der Waals surface area contributed by atoms with Gasteiger partial charge in [-0.15, -0.1) is 0 Å². The zero-order chi connectivity index (χ0) is 11.5. The van der Waals surface area contributed by atoms with Gasteiger partial charge in [-0.1, -0.05) is 12.8 Å². The van der Waals surface area contributed by atoms with Crippen molar-refractivity contribution in [3.05, 3.63) is 0 Å². The molecule has 0 aromatic rings. The van der Waals surface area contributed by atoms with Gasteiger partial charge in [0.05, 0.1) is 12.6 Å². The van der Waals surface area contributed by atoms with E-state index in [0.717, 1.165) is 45.1 Å². The Balaban J connectivity index is 1.95. The Morgan fingerprint density at radius 3 is 2.56 bits per heavy atom. The lowest BCUT2D eigenvalue weighted by atomic mass is 9.80. The van der Waals surface area contributed by atoms with E-state index in [1.54, 1.807) is 0 Å². The summed E-state index contributed by atoms with van der Waals surface area (Å²) < 4.78 is 24.8. The molecule has 0 spiro atoms. The molecule has 2 nitrogen and oxygen atoms in total. The molecule has 1 saturated carbocycles. The van der Waals surface area contributed by atoms with E-state index in [2.05, 4.69) is 0 Å². The molecule has 1 saturated heterocycles. The molecule has 1 N–H and O–H groups in total. The summed E-state index contributed by atoms with van der Waals surface area (Å²) >= 11 is 0. The molecule has 0 radical (unpaired) electrons. The highest BCUT2D eigenvalue weighted by Gasteiger charge is 2.37. The number of alkyl halides is 2. The SMILES string of the molecule is OC1CCCCC1C1CCCN1CC(F)F. The second-order valence-electron chi connectivity index (χ2n) is 5.11. The molecule has 1 heterocycles. The fourth-order valence-electron chi connectivity index (χ4n) is 3.33. The lowest BCUT2D eigenvalue weighted by Crippen LogP contribution is -2.44.